The molecule has 0 radical (unpaired) electrons. The Kier molecular flexibility index (Phi) is 5.60. The van der Waals surface area contributed by atoms with E-state index in [1.807, 2.05) is 30.3 Å². The number of methoxy groups -OCH3 is 2. The first-order valence-electron chi connectivity index (χ1n) is 5.93. The van der Waals surface area contributed by atoms with Crippen LogP contribution in [0.1, 0.15) is 24.9 Å². The van der Waals surface area contributed by atoms with Gasteiger partial charge >= 0.3 is 0 Å². The van der Waals surface area contributed by atoms with E-state index in [2.05, 4.69) is 51.3 Å². The molecular formula is C15H13I2NO2. The van der Waals surface area contributed by atoms with Gasteiger partial charge < -0.3 is 9.47 Å². The Bertz CT molecular complexity index is 667. The minimum Gasteiger partial charge on any atom is -0.366 e. The zero-order valence-electron chi connectivity index (χ0n) is 11.1. The molecule has 0 saturated heterocycles. The third kappa shape index (κ3) is 2.93. The molecule has 20 heavy (non-hydrogen) atoms. The smallest absolute Gasteiger partial charge is 0.135 e. The fourth-order valence-corrected chi connectivity index (χ4v) is 3.32. The van der Waals surface area contributed by atoms with Crippen molar-refractivity contribution in [1.82, 2.24) is 0 Å². The van der Waals surface area contributed by atoms with Crippen LogP contribution in [0.4, 0.5) is 0 Å². The third-order valence-corrected chi connectivity index (χ3v) is 5.43. The van der Waals surface area contributed by atoms with Crippen molar-refractivity contribution in [3.05, 3.63) is 47.0 Å². The molecule has 0 aromatic heterocycles. The van der Waals surface area contributed by atoms with Crippen LogP contribution in [0.5, 0.6) is 0 Å². The van der Waals surface area contributed by atoms with Crippen molar-refractivity contribution < 1.29 is 9.47 Å². The number of hydrogen-bond donors (Lipinski definition) is 0. The van der Waals surface area contributed by atoms with Gasteiger partial charge in [-0.3, -0.25) is 0 Å². The van der Waals surface area contributed by atoms with Crippen molar-refractivity contribution in [2.24, 2.45) is 0 Å². The van der Waals surface area contributed by atoms with Crippen LogP contribution in [0.25, 0.3) is 10.8 Å². The molecule has 0 aliphatic carbocycles. The Morgan fingerprint density at radius 2 is 1.75 bits per heavy atom. The molecule has 0 N–H and O–H groups in total. The predicted molar refractivity (Wildman–Crippen MR) is 96.2 cm³/mol. The number of hydrogen-bond acceptors (Lipinski definition) is 3. The number of nitriles is 1. The Morgan fingerprint density at radius 1 is 1.10 bits per heavy atom. The average molecular weight is 493 g/mol. The van der Waals surface area contributed by atoms with Gasteiger partial charge in [0.1, 0.15) is 8.22 Å². The summed E-state index contributed by atoms with van der Waals surface area (Å²) in [6.45, 7) is 0. The largest absolute Gasteiger partial charge is 0.366 e. The topological polar surface area (TPSA) is 42.2 Å². The van der Waals surface area contributed by atoms with E-state index in [1.165, 1.54) is 0 Å². The minimum absolute atomic E-state index is 0.161. The maximum atomic E-state index is 9.58. The van der Waals surface area contributed by atoms with E-state index >= 15 is 0 Å². The van der Waals surface area contributed by atoms with E-state index < -0.39 is 0 Å². The zero-order valence-corrected chi connectivity index (χ0v) is 15.4. The van der Waals surface area contributed by atoms with Gasteiger partial charge in [-0.05, 0) is 62.0 Å². The number of rotatable bonds is 4. The van der Waals surface area contributed by atoms with Crippen LogP contribution in [0.2, 0.25) is 0 Å². The van der Waals surface area contributed by atoms with Crippen LogP contribution in [0.3, 0.4) is 0 Å². The fraction of sp³-hybridized carbons (Fsp3) is 0.267. The molecule has 2 atom stereocenters. The zero-order chi connectivity index (χ0) is 14.7. The average Bonchev–Trinajstić information content (AvgIpc) is 2.51. The maximum absolute atomic E-state index is 9.58. The second-order valence-corrected chi connectivity index (χ2v) is 6.45. The van der Waals surface area contributed by atoms with Crippen molar-refractivity contribution in [2.75, 3.05) is 14.2 Å². The van der Waals surface area contributed by atoms with E-state index in [0.29, 0.717) is 5.56 Å². The predicted octanol–water partition coefficient (Wildman–Crippen LogP) is 4.87. The minimum atomic E-state index is -0.174. The number of fused-ring (bicyclic) bond motifs is 1. The number of benzene rings is 2. The van der Waals surface area contributed by atoms with Crippen LogP contribution in [0, 0.1) is 11.3 Å². The monoisotopic (exact) mass is 493 g/mol. The van der Waals surface area contributed by atoms with Crippen molar-refractivity contribution >= 4 is 56.0 Å². The quantitative estimate of drug-likeness (QED) is 0.451. The van der Waals surface area contributed by atoms with Crippen LogP contribution >= 0.6 is 45.2 Å². The SMILES string of the molecule is COC(I)c1cc2ccccc2c(C(I)OC)c1C#N. The van der Waals surface area contributed by atoms with Crippen molar-refractivity contribution in [1.29, 1.82) is 5.26 Å². The Morgan fingerprint density at radius 3 is 2.35 bits per heavy atom. The summed E-state index contributed by atoms with van der Waals surface area (Å²) in [6, 6.07) is 12.4. The maximum Gasteiger partial charge on any atom is 0.135 e. The summed E-state index contributed by atoms with van der Waals surface area (Å²) in [6.07, 6.45) is 0. The molecule has 2 rings (SSSR count). The van der Waals surface area contributed by atoms with E-state index in [9.17, 15) is 5.26 Å². The number of halogens is 2. The second-order valence-electron chi connectivity index (χ2n) is 4.19. The van der Waals surface area contributed by atoms with Gasteiger partial charge in [0.2, 0.25) is 0 Å². The van der Waals surface area contributed by atoms with Crippen LogP contribution in [0.15, 0.2) is 30.3 Å². The van der Waals surface area contributed by atoms with Crippen molar-refractivity contribution in [3.63, 3.8) is 0 Å². The molecular weight excluding hydrogens is 480 g/mol. The second kappa shape index (κ2) is 7.02. The molecule has 2 aromatic rings. The molecule has 0 aliphatic heterocycles. The summed E-state index contributed by atoms with van der Waals surface area (Å²) in [4.78, 5) is 0. The van der Waals surface area contributed by atoms with Crippen LogP contribution < -0.4 is 0 Å². The van der Waals surface area contributed by atoms with Gasteiger partial charge in [-0.2, -0.15) is 5.26 Å². The molecule has 0 spiro atoms. The lowest BCUT2D eigenvalue weighted by Crippen LogP contribution is -2.04. The van der Waals surface area contributed by atoms with E-state index in [1.54, 1.807) is 14.2 Å². The van der Waals surface area contributed by atoms with E-state index in [-0.39, 0.29) is 8.22 Å². The summed E-state index contributed by atoms with van der Waals surface area (Å²) < 4.78 is 10.5. The molecule has 0 aliphatic rings. The summed E-state index contributed by atoms with van der Waals surface area (Å²) in [5.41, 5.74) is 2.46. The lowest BCUT2D eigenvalue weighted by atomic mass is 9.95. The molecule has 0 amide bonds. The first-order chi connectivity index (χ1) is 9.63. The fourth-order valence-electron chi connectivity index (χ4n) is 2.18. The highest BCUT2D eigenvalue weighted by atomic mass is 127. The normalized spacial score (nSPS) is 13.9. The van der Waals surface area contributed by atoms with Gasteiger partial charge in [-0.25, -0.2) is 0 Å². The first-order valence-corrected chi connectivity index (χ1v) is 8.42. The highest BCUT2D eigenvalue weighted by molar-refractivity contribution is 14.1. The van der Waals surface area contributed by atoms with E-state index in [0.717, 1.165) is 21.9 Å². The lowest BCUT2D eigenvalue weighted by Gasteiger charge is -2.19. The molecule has 104 valence electrons. The Hall–Kier alpha value is -0.430. The van der Waals surface area contributed by atoms with Gasteiger partial charge in [-0.1, -0.05) is 24.3 Å². The summed E-state index contributed by atoms with van der Waals surface area (Å²) in [5, 5.41) is 11.7. The van der Waals surface area contributed by atoms with Crippen LogP contribution in [-0.2, 0) is 9.47 Å². The summed E-state index contributed by atoms with van der Waals surface area (Å²) in [5.74, 6) is 0. The standard InChI is InChI=1S/C15H13I2NO2/c1-19-14(16)11-7-9-5-3-4-6-10(9)13(12(11)8-18)15(17)20-2/h3-7,14-15H,1-2H3. The molecule has 0 bridgehead atoms. The first kappa shape index (κ1) is 15.9. The molecule has 3 nitrogen and oxygen atoms in total. The third-order valence-electron chi connectivity index (χ3n) is 3.12. The number of alkyl halides is 2. The summed E-state index contributed by atoms with van der Waals surface area (Å²) >= 11 is 4.39. The van der Waals surface area contributed by atoms with Crippen LogP contribution in [-0.4, -0.2) is 14.2 Å². The van der Waals surface area contributed by atoms with Gasteiger partial charge in [0.05, 0.1) is 11.6 Å². The molecule has 0 heterocycles. The van der Waals surface area contributed by atoms with Crippen molar-refractivity contribution in [3.8, 4) is 6.07 Å². The molecule has 2 unspecified atom stereocenters. The molecule has 5 heteroatoms. The number of nitrogens with zero attached hydrogens (tertiary/aromatic N) is 1. The lowest BCUT2D eigenvalue weighted by molar-refractivity contribution is 0.184. The molecule has 2 aromatic carbocycles. The van der Waals surface area contributed by atoms with E-state index in [4.69, 9.17) is 9.47 Å². The Labute approximate surface area is 145 Å². The highest BCUT2D eigenvalue weighted by Crippen LogP contribution is 2.39. The molecule has 0 fully saturated rings. The van der Waals surface area contributed by atoms with Gasteiger partial charge in [0.25, 0.3) is 0 Å². The molecule has 0 saturated carbocycles. The summed E-state index contributed by atoms with van der Waals surface area (Å²) in [7, 11) is 3.29. The van der Waals surface area contributed by atoms with Gasteiger partial charge in [0, 0.05) is 25.3 Å². The highest BCUT2D eigenvalue weighted by Gasteiger charge is 2.22. The van der Waals surface area contributed by atoms with Gasteiger partial charge in [-0.15, -0.1) is 0 Å². The Balaban J connectivity index is 2.86. The van der Waals surface area contributed by atoms with Crippen molar-refractivity contribution in [2.45, 2.75) is 8.22 Å². The number of ether oxygens (including phenoxy) is 2. The van der Waals surface area contributed by atoms with Gasteiger partial charge in [0.15, 0.2) is 0 Å².